The predicted octanol–water partition coefficient (Wildman–Crippen LogP) is 0.917. The first kappa shape index (κ1) is 10.5. The Kier molecular flexibility index (Phi) is 2.68. The van der Waals surface area contributed by atoms with Gasteiger partial charge in [-0.1, -0.05) is 0 Å². The third-order valence-electron chi connectivity index (χ3n) is 3.47. The van der Waals surface area contributed by atoms with Gasteiger partial charge in [0.2, 0.25) is 0 Å². The molecule has 0 bridgehead atoms. The van der Waals surface area contributed by atoms with Gasteiger partial charge < -0.3 is 10.2 Å². The normalized spacial score (nSPS) is 17.8. The van der Waals surface area contributed by atoms with E-state index in [1.54, 1.807) is 10.7 Å². The van der Waals surface area contributed by atoms with E-state index in [9.17, 15) is 0 Å². The zero-order valence-corrected chi connectivity index (χ0v) is 10.0. The molecule has 1 aliphatic heterocycles. The Morgan fingerprint density at radius 1 is 1.29 bits per heavy atom. The van der Waals surface area contributed by atoms with E-state index in [0.717, 1.165) is 24.6 Å². The van der Waals surface area contributed by atoms with Crippen LogP contribution in [0.2, 0.25) is 0 Å². The molecule has 1 fully saturated rings. The van der Waals surface area contributed by atoms with Gasteiger partial charge in [0, 0.05) is 31.4 Å². The lowest BCUT2D eigenvalue weighted by Crippen LogP contribution is -2.41. The SMILES string of the molecule is CNC1CCN(c2ccn3nccc3n2)CC1. The zero-order chi connectivity index (χ0) is 11.7. The first-order valence-corrected chi connectivity index (χ1v) is 6.09. The molecule has 0 aromatic carbocycles. The van der Waals surface area contributed by atoms with Crippen LogP contribution in [0.25, 0.3) is 5.65 Å². The van der Waals surface area contributed by atoms with E-state index in [2.05, 4.69) is 20.3 Å². The van der Waals surface area contributed by atoms with E-state index < -0.39 is 0 Å². The topological polar surface area (TPSA) is 45.5 Å². The fourth-order valence-corrected chi connectivity index (χ4v) is 2.38. The highest BCUT2D eigenvalue weighted by Gasteiger charge is 2.18. The molecule has 2 aromatic heterocycles. The minimum absolute atomic E-state index is 0.657. The molecule has 0 unspecified atom stereocenters. The van der Waals surface area contributed by atoms with Gasteiger partial charge in [-0.2, -0.15) is 5.10 Å². The zero-order valence-electron chi connectivity index (χ0n) is 10.0. The summed E-state index contributed by atoms with van der Waals surface area (Å²) in [5, 5.41) is 7.50. The highest BCUT2D eigenvalue weighted by molar-refractivity contribution is 5.47. The molecule has 2 aromatic rings. The lowest BCUT2D eigenvalue weighted by atomic mass is 10.1. The fourth-order valence-electron chi connectivity index (χ4n) is 2.38. The van der Waals surface area contributed by atoms with Crippen LogP contribution >= 0.6 is 0 Å². The van der Waals surface area contributed by atoms with Crippen LogP contribution in [0, 0.1) is 0 Å². The molecular weight excluding hydrogens is 214 g/mol. The van der Waals surface area contributed by atoms with Crippen molar-refractivity contribution in [3.05, 3.63) is 24.5 Å². The van der Waals surface area contributed by atoms with Crippen LogP contribution in [-0.4, -0.2) is 40.8 Å². The lowest BCUT2D eigenvalue weighted by molar-refractivity contribution is 0.441. The van der Waals surface area contributed by atoms with Crippen LogP contribution in [0.4, 0.5) is 5.82 Å². The monoisotopic (exact) mass is 231 g/mol. The minimum atomic E-state index is 0.657. The molecule has 5 heteroatoms. The van der Waals surface area contributed by atoms with Gasteiger partial charge in [-0.25, -0.2) is 9.50 Å². The number of hydrogen-bond donors (Lipinski definition) is 1. The summed E-state index contributed by atoms with van der Waals surface area (Å²) < 4.78 is 1.80. The third kappa shape index (κ3) is 1.98. The van der Waals surface area contributed by atoms with Gasteiger partial charge in [0.1, 0.15) is 5.82 Å². The molecule has 17 heavy (non-hydrogen) atoms. The Balaban J connectivity index is 1.79. The molecule has 0 atom stereocenters. The van der Waals surface area contributed by atoms with Crippen molar-refractivity contribution in [3.63, 3.8) is 0 Å². The van der Waals surface area contributed by atoms with Crippen LogP contribution in [0.3, 0.4) is 0 Å². The Morgan fingerprint density at radius 3 is 2.88 bits per heavy atom. The maximum atomic E-state index is 4.62. The maximum Gasteiger partial charge on any atom is 0.157 e. The minimum Gasteiger partial charge on any atom is -0.356 e. The standard InChI is InChI=1S/C12H17N5/c1-13-10-3-7-16(8-4-10)11-5-9-17-12(15-11)2-6-14-17/h2,5-6,9-10,13H,3-4,7-8H2,1H3. The number of anilines is 1. The molecule has 0 amide bonds. The molecule has 5 nitrogen and oxygen atoms in total. The summed E-state index contributed by atoms with van der Waals surface area (Å²) >= 11 is 0. The van der Waals surface area contributed by atoms with E-state index in [4.69, 9.17) is 0 Å². The van der Waals surface area contributed by atoms with Crippen LogP contribution in [0.15, 0.2) is 24.5 Å². The Labute approximate surface area is 100 Å². The summed E-state index contributed by atoms with van der Waals surface area (Å²) in [5.74, 6) is 1.06. The van der Waals surface area contributed by atoms with Crippen molar-refractivity contribution < 1.29 is 0 Å². The first-order chi connectivity index (χ1) is 8.36. The quantitative estimate of drug-likeness (QED) is 0.834. The van der Waals surface area contributed by atoms with Crippen LogP contribution in [-0.2, 0) is 0 Å². The van der Waals surface area contributed by atoms with E-state index in [-0.39, 0.29) is 0 Å². The van der Waals surface area contributed by atoms with Crippen molar-refractivity contribution in [2.24, 2.45) is 0 Å². The van der Waals surface area contributed by atoms with Crippen molar-refractivity contribution in [2.75, 3.05) is 25.0 Å². The summed E-state index contributed by atoms with van der Waals surface area (Å²) in [5.41, 5.74) is 0.915. The highest BCUT2D eigenvalue weighted by Crippen LogP contribution is 2.18. The Bertz CT molecular complexity index is 498. The van der Waals surface area contributed by atoms with Crippen molar-refractivity contribution >= 4 is 11.5 Å². The largest absolute Gasteiger partial charge is 0.356 e. The third-order valence-corrected chi connectivity index (χ3v) is 3.47. The van der Waals surface area contributed by atoms with Gasteiger partial charge in [-0.05, 0) is 26.0 Å². The number of hydrogen-bond acceptors (Lipinski definition) is 4. The smallest absolute Gasteiger partial charge is 0.157 e. The second kappa shape index (κ2) is 4.33. The van der Waals surface area contributed by atoms with Crippen LogP contribution in [0.5, 0.6) is 0 Å². The molecule has 1 saturated heterocycles. The van der Waals surface area contributed by atoms with E-state index >= 15 is 0 Å². The molecule has 0 radical (unpaired) electrons. The van der Waals surface area contributed by atoms with Gasteiger partial charge in [0.25, 0.3) is 0 Å². The number of nitrogens with one attached hydrogen (secondary N) is 1. The molecule has 1 aliphatic rings. The Hall–Kier alpha value is -1.62. The van der Waals surface area contributed by atoms with E-state index in [0.29, 0.717) is 6.04 Å². The summed E-state index contributed by atoms with van der Waals surface area (Å²) in [7, 11) is 2.04. The van der Waals surface area contributed by atoms with E-state index in [1.807, 2.05) is 25.4 Å². The molecule has 3 rings (SSSR count). The van der Waals surface area contributed by atoms with Crippen LogP contribution < -0.4 is 10.2 Å². The molecule has 0 spiro atoms. The lowest BCUT2D eigenvalue weighted by Gasteiger charge is -2.32. The molecule has 90 valence electrons. The summed E-state index contributed by atoms with van der Waals surface area (Å²) in [4.78, 5) is 6.96. The van der Waals surface area contributed by atoms with Crippen molar-refractivity contribution in [1.29, 1.82) is 0 Å². The molecule has 1 N–H and O–H groups in total. The van der Waals surface area contributed by atoms with Crippen LogP contribution in [0.1, 0.15) is 12.8 Å². The summed E-state index contributed by atoms with van der Waals surface area (Å²) in [6, 6.07) is 4.63. The fraction of sp³-hybridized carbons (Fsp3) is 0.500. The van der Waals surface area contributed by atoms with E-state index in [1.165, 1.54) is 12.8 Å². The number of aromatic nitrogens is 3. The molecule has 0 aliphatic carbocycles. The van der Waals surface area contributed by atoms with Gasteiger partial charge in [-0.3, -0.25) is 0 Å². The van der Waals surface area contributed by atoms with Gasteiger partial charge in [0.05, 0.1) is 6.20 Å². The molecule has 0 saturated carbocycles. The molecular formula is C12H17N5. The maximum absolute atomic E-state index is 4.62. The number of fused-ring (bicyclic) bond motifs is 1. The summed E-state index contributed by atoms with van der Waals surface area (Å²) in [6.45, 7) is 2.14. The van der Waals surface area contributed by atoms with Crippen molar-refractivity contribution in [1.82, 2.24) is 19.9 Å². The number of rotatable bonds is 2. The van der Waals surface area contributed by atoms with Crippen molar-refractivity contribution in [3.8, 4) is 0 Å². The average Bonchev–Trinajstić information content (AvgIpc) is 2.86. The summed E-state index contributed by atoms with van der Waals surface area (Å²) in [6.07, 6.45) is 6.12. The second-order valence-corrected chi connectivity index (χ2v) is 4.47. The number of nitrogens with zero attached hydrogens (tertiary/aromatic N) is 4. The molecule has 3 heterocycles. The second-order valence-electron chi connectivity index (χ2n) is 4.47. The average molecular weight is 231 g/mol. The number of piperidine rings is 1. The highest BCUT2D eigenvalue weighted by atomic mass is 15.3. The van der Waals surface area contributed by atoms with Gasteiger partial charge in [0.15, 0.2) is 5.65 Å². The van der Waals surface area contributed by atoms with Gasteiger partial charge in [-0.15, -0.1) is 0 Å². The Morgan fingerprint density at radius 2 is 2.12 bits per heavy atom. The predicted molar refractivity (Wildman–Crippen MR) is 67.3 cm³/mol. The van der Waals surface area contributed by atoms with Crippen molar-refractivity contribution in [2.45, 2.75) is 18.9 Å². The first-order valence-electron chi connectivity index (χ1n) is 6.09. The van der Waals surface area contributed by atoms with Gasteiger partial charge >= 0.3 is 0 Å².